The van der Waals surface area contributed by atoms with Crippen LogP contribution in [-0.4, -0.2) is 17.6 Å². The first-order chi connectivity index (χ1) is 15.6. The predicted molar refractivity (Wildman–Crippen MR) is 123 cm³/mol. The molecule has 1 aromatic heterocycles. The molecule has 0 saturated carbocycles. The Kier molecular flexibility index (Phi) is 6.19. The van der Waals surface area contributed by atoms with E-state index in [1.165, 1.54) is 4.90 Å². The van der Waals surface area contributed by atoms with Crippen molar-refractivity contribution in [2.75, 3.05) is 11.5 Å². The van der Waals surface area contributed by atoms with E-state index in [2.05, 4.69) is 11.4 Å². The maximum absolute atomic E-state index is 12.9. The Hall–Kier alpha value is -4.09. The van der Waals surface area contributed by atoms with Gasteiger partial charge in [-0.1, -0.05) is 0 Å². The second kappa shape index (κ2) is 9.37. The van der Waals surface area contributed by atoms with E-state index < -0.39 is 0 Å². The number of benzene rings is 2. The zero-order chi connectivity index (χ0) is 22.5. The van der Waals surface area contributed by atoms with Crippen molar-refractivity contribution in [2.45, 2.75) is 13.5 Å². The highest BCUT2D eigenvalue weighted by molar-refractivity contribution is 7.80. The quantitative estimate of drug-likeness (QED) is 0.426. The summed E-state index contributed by atoms with van der Waals surface area (Å²) in [6.45, 7) is 2.69. The second-order valence-corrected chi connectivity index (χ2v) is 7.17. The third-order valence-corrected chi connectivity index (χ3v) is 4.90. The molecule has 0 aliphatic carbocycles. The number of nitrogens with zero attached hydrogens (tertiary/aromatic N) is 2. The van der Waals surface area contributed by atoms with E-state index in [1.54, 1.807) is 66.7 Å². The largest absolute Gasteiger partial charge is 0.494 e. The van der Waals surface area contributed by atoms with Gasteiger partial charge in [0.25, 0.3) is 5.91 Å². The minimum absolute atomic E-state index is 0.215. The van der Waals surface area contributed by atoms with Gasteiger partial charge in [0.05, 0.1) is 23.9 Å². The van der Waals surface area contributed by atoms with Gasteiger partial charge in [-0.2, -0.15) is 5.26 Å². The summed E-state index contributed by atoms with van der Waals surface area (Å²) in [5.41, 5.74) is 1.53. The highest BCUT2D eigenvalue weighted by Gasteiger charge is 2.32. The highest BCUT2D eigenvalue weighted by atomic mass is 32.1. The normalized spacial score (nSPS) is 14.4. The average molecular weight is 446 g/mol. The molecule has 0 spiro atoms. The van der Waals surface area contributed by atoms with Crippen molar-refractivity contribution >= 4 is 35.0 Å². The van der Waals surface area contributed by atoms with Crippen molar-refractivity contribution in [1.82, 2.24) is 5.32 Å². The summed E-state index contributed by atoms with van der Waals surface area (Å²) in [4.78, 5) is 14.3. The highest BCUT2D eigenvalue weighted by Crippen LogP contribution is 2.25. The Balaban J connectivity index is 1.42. The van der Waals surface area contributed by atoms with Crippen LogP contribution in [0.15, 0.2) is 70.8 Å². The summed E-state index contributed by atoms with van der Waals surface area (Å²) < 4.78 is 16.9. The molecule has 2 heterocycles. The number of carbonyl (C=O) groups is 1. The molecule has 0 atom stereocenters. The van der Waals surface area contributed by atoms with Crippen LogP contribution in [0.5, 0.6) is 11.5 Å². The number of ether oxygens (including phenoxy) is 2. The number of amides is 1. The number of nitrogens with one attached hydrogen (secondary N) is 1. The van der Waals surface area contributed by atoms with Crippen LogP contribution in [-0.2, 0) is 11.4 Å². The Bertz CT molecular complexity index is 1210. The van der Waals surface area contributed by atoms with E-state index in [0.29, 0.717) is 45.9 Å². The lowest BCUT2D eigenvalue weighted by Crippen LogP contribution is -2.30. The molecule has 1 N–H and O–H groups in total. The van der Waals surface area contributed by atoms with Crippen LogP contribution < -0.4 is 19.7 Å². The number of hydrogen-bond donors (Lipinski definition) is 1. The first kappa shape index (κ1) is 21.2. The van der Waals surface area contributed by atoms with Gasteiger partial charge in [0.15, 0.2) is 5.11 Å². The molecule has 0 radical (unpaired) electrons. The molecule has 160 valence electrons. The van der Waals surface area contributed by atoms with Crippen LogP contribution in [0.2, 0.25) is 0 Å². The van der Waals surface area contributed by atoms with E-state index in [9.17, 15) is 4.79 Å². The van der Waals surface area contributed by atoms with Crippen LogP contribution in [0, 0.1) is 11.3 Å². The minimum atomic E-state index is -0.272. The molecule has 4 rings (SSSR count). The molecule has 32 heavy (non-hydrogen) atoms. The molecule has 3 aromatic rings. The van der Waals surface area contributed by atoms with Crippen LogP contribution in [0.1, 0.15) is 24.0 Å². The van der Waals surface area contributed by atoms with Crippen molar-refractivity contribution in [1.29, 1.82) is 5.26 Å². The van der Waals surface area contributed by atoms with Crippen LogP contribution in [0.25, 0.3) is 6.08 Å². The third-order valence-electron chi connectivity index (χ3n) is 4.62. The maximum atomic E-state index is 12.9. The monoisotopic (exact) mass is 445 g/mol. The SMILES string of the molecule is CCOc1ccc(N2C(=O)/C(=C\c3ccc(COc4ccc(C#N)cc4)o3)NC2=S)cc1. The average Bonchev–Trinajstić information content (AvgIpc) is 3.37. The number of furan rings is 1. The zero-order valence-electron chi connectivity index (χ0n) is 17.2. The van der Waals surface area contributed by atoms with Gasteiger partial charge in [0, 0.05) is 6.08 Å². The van der Waals surface area contributed by atoms with Gasteiger partial charge in [-0.15, -0.1) is 0 Å². The third kappa shape index (κ3) is 4.63. The number of thiocarbonyl (C=S) groups is 1. The number of hydrogen-bond acceptors (Lipinski definition) is 6. The molecule has 7 nitrogen and oxygen atoms in total. The lowest BCUT2D eigenvalue weighted by molar-refractivity contribution is -0.113. The van der Waals surface area contributed by atoms with Crippen molar-refractivity contribution in [3.05, 3.63) is 83.4 Å². The molecule has 1 aliphatic rings. The number of nitriles is 1. The van der Waals surface area contributed by atoms with Gasteiger partial charge in [-0.3, -0.25) is 9.69 Å². The number of anilines is 1. The summed E-state index contributed by atoms with van der Waals surface area (Å²) in [5.74, 6) is 2.17. The first-order valence-corrected chi connectivity index (χ1v) is 10.3. The van der Waals surface area contributed by atoms with Crippen molar-refractivity contribution < 1.29 is 18.7 Å². The predicted octanol–water partition coefficient (Wildman–Crippen LogP) is 4.39. The van der Waals surface area contributed by atoms with Crippen LogP contribution in [0.3, 0.4) is 0 Å². The topological polar surface area (TPSA) is 87.7 Å². The van der Waals surface area contributed by atoms with Crippen molar-refractivity contribution in [3.63, 3.8) is 0 Å². The molecule has 1 saturated heterocycles. The smallest absolute Gasteiger partial charge is 0.281 e. The Morgan fingerprint density at radius 1 is 1.06 bits per heavy atom. The van der Waals surface area contributed by atoms with Gasteiger partial charge in [0.1, 0.15) is 35.3 Å². The van der Waals surface area contributed by atoms with Gasteiger partial charge < -0.3 is 19.2 Å². The van der Waals surface area contributed by atoms with E-state index in [4.69, 9.17) is 31.4 Å². The van der Waals surface area contributed by atoms with Gasteiger partial charge in [-0.25, -0.2) is 0 Å². The van der Waals surface area contributed by atoms with Gasteiger partial charge in [-0.05, 0) is 79.8 Å². The molecule has 1 fully saturated rings. The number of carbonyl (C=O) groups excluding carboxylic acids is 1. The summed E-state index contributed by atoms with van der Waals surface area (Å²) in [5, 5.41) is 12.1. The standard InChI is InChI=1S/C24H19N3O4S/c1-2-29-18-9-5-17(6-10-18)27-23(28)22(26-24(27)32)13-20-11-12-21(31-20)15-30-19-7-3-16(14-25)4-8-19/h3-13H,2,15H2,1H3,(H,26,32)/b22-13+. The van der Waals surface area contributed by atoms with Crippen LogP contribution >= 0.6 is 12.2 Å². The zero-order valence-corrected chi connectivity index (χ0v) is 18.0. The van der Waals surface area contributed by atoms with Crippen molar-refractivity contribution in [3.8, 4) is 17.6 Å². The molecule has 0 unspecified atom stereocenters. The first-order valence-electron chi connectivity index (χ1n) is 9.89. The van der Waals surface area contributed by atoms with E-state index in [1.807, 2.05) is 6.92 Å². The fourth-order valence-electron chi connectivity index (χ4n) is 3.10. The maximum Gasteiger partial charge on any atom is 0.281 e. The molecule has 2 aromatic carbocycles. The molecular weight excluding hydrogens is 426 g/mol. The molecule has 0 bridgehead atoms. The van der Waals surface area contributed by atoms with Gasteiger partial charge >= 0.3 is 0 Å². The fourth-order valence-corrected chi connectivity index (χ4v) is 3.40. The molecule has 1 aliphatic heterocycles. The summed E-state index contributed by atoms with van der Waals surface area (Å²) in [6, 6.07) is 19.6. The van der Waals surface area contributed by atoms with Crippen LogP contribution in [0.4, 0.5) is 5.69 Å². The number of rotatable bonds is 7. The Morgan fingerprint density at radius 3 is 2.44 bits per heavy atom. The minimum Gasteiger partial charge on any atom is -0.494 e. The Morgan fingerprint density at radius 2 is 1.75 bits per heavy atom. The molecule has 8 heteroatoms. The molecule has 1 amide bonds. The lowest BCUT2D eigenvalue weighted by Gasteiger charge is -2.14. The summed E-state index contributed by atoms with van der Waals surface area (Å²) >= 11 is 5.35. The van der Waals surface area contributed by atoms with E-state index in [-0.39, 0.29) is 12.5 Å². The van der Waals surface area contributed by atoms with E-state index in [0.717, 1.165) is 5.75 Å². The van der Waals surface area contributed by atoms with Crippen molar-refractivity contribution in [2.24, 2.45) is 0 Å². The summed E-state index contributed by atoms with van der Waals surface area (Å²) in [6.07, 6.45) is 1.61. The lowest BCUT2D eigenvalue weighted by atomic mass is 10.2. The molecular formula is C24H19N3O4S. The summed E-state index contributed by atoms with van der Waals surface area (Å²) in [7, 11) is 0. The Labute approximate surface area is 190 Å². The van der Waals surface area contributed by atoms with E-state index >= 15 is 0 Å². The second-order valence-electron chi connectivity index (χ2n) is 6.78. The van der Waals surface area contributed by atoms with Gasteiger partial charge in [0.2, 0.25) is 0 Å². The fraction of sp³-hybridized carbons (Fsp3) is 0.125.